The third-order valence-corrected chi connectivity index (χ3v) is 5.73. The summed E-state index contributed by atoms with van der Waals surface area (Å²) in [5, 5.41) is 21.1. The Morgan fingerprint density at radius 3 is 2.33 bits per heavy atom. The fraction of sp³-hybridized carbons (Fsp3) is 0.0741. The van der Waals surface area contributed by atoms with E-state index in [9.17, 15) is 27.9 Å². The Morgan fingerprint density at radius 1 is 0.923 bits per heavy atom. The summed E-state index contributed by atoms with van der Waals surface area (Å²) in [6.07, 6.45) is -2.49. The zero-order valence-corrected chi connectivity index (χ0v) is 19.9. The summed E-state index contributed by atoms with van der Waals surface area (Å²) in [5.41, 5.74) is 0.255. The standard InChI is InChI=1S/C27H18F3N5O4/c28-27(29,30)24-22(26(38)39-16-17-5-2-1-3-6-17)14-31-35(24)21-11-9-20(10-12-21)34-15-23(32-33-34)18-7-4-8-19(13-18)25(36)37/h1-15H,16H2,(H,36,37). The Kier molecular flexibility index (Phi) is 6.67. The molecule has 0 aliphatic carbocycles. The van der Waals surface area contributed by atoms with Crippen molar-refractivity contribution in [2.45, 2.75) is 12.8 Å². The van der Waals surface area contributed by atoms with Crippen LogP contribution in [0.1, 0.15) is 32.0 Å². The van der Waals surface area contributed by atoms with Crippen molar-refractivity contribution in [3.05, 3.63) is 114 Å². The van der Waals surface area contributed by atoms with Gasteiger partial charge >= 0.3 is 18.1 Å². The topological polar surface area (TPSA) is 112 Å². The number of rotatable bonds is 7. The molecule has 2 heterocycles. The average Bonchev–Trinajstić information content (AvgIpc) is 3.61. The molecule has 0 bridgehead atoms. The Morgan fingerprint density at radius 2 is 1.64 bits per heavy atom. The number of aromatic nitrogens is 5. The predicted octanol–water partition coefficient (Wildman–Crippen LogP) is 5.19. The van der Waals surface area contributed by atoms with Gasteiger partial charge in [0.05, 0.1) is 29.3 Å². The van der Waals surface area contributed by atoms with Gasteiger partial charge in [0.1, 0.15) is 17.9 Å². The van der Waals surface area contributed by atoms with Crippen molar-refractivity contribution in [2.24, 2.45) is 0 Å². The predicted molar refractivity (Wildman–Crippen MR) is 131 cm³/mol. The molecule has 0 saturated carbocycles. The van der Waals surface area contributed by atoms with Crippen LogP contribution < -0.4 is 0 Å². The molecule has 3 aromatic carbocycles. The Balaban J connectivity index is 1.39. The van der Waals surface area contributed by atoms with Gasteiger partial charge in [-0.05, 0) is 42.0 Å². The van der Waals surface area contributed by atoms with Gasteiger partial charge in [-0.15, -0.1) is 5.10 Å². The molecule has 2 aromatic heterocycles. The van der Waals surface area contributed by atoms with Crippen molar-refractivity contribution < 1.29 is 32.6 Å². The lowest BCUT2D eigenvalue weighted by atomic mass is 10.1. The highest BCUT2D eigenvalue weighted by Crippen LogP contribution is 2.34. The number of aromatic carboxylic acids is 1. The summed E-state index contributed by atoms with van der Waals surface area (Å²) in [6.45, 7) is -0.183. The molecule has 0 atom stereocenters. The molecule has 0 radical (unpaired) electrons. The summed E-state index contributed by atoms with van der Waals surface area (Å²) in [6, 6.07) is 20.6. The summed E-state index contributed by atoms with van der Waals surface area (Å²) < 4.78 is 49.2. The van der Waals surface area contributed by atoms with Crippen molar-refractivity contribution in [3.8, 4) is 22.6 Å². The molecule has 1 N–H and O–H groups in total. The van der Waals surface area contributed by atoms with Crippen LogP contribution in [0.2, 0.25) is 0 Å². The highest BCUT2D eigenvalue weighted by molar-refractivity contribution is 5.91. The normalized spacial score (nSPS) is 11.4. The van der Waals surface area contributed by atoms with Crippen LogP contribution in [0.4, 0.5) is 13.2 Å². The van der Waals surface area contributed by atoms with E-state index in [1.165, 1.54) is 41.1 Å². The zero-order chi connectivity index (χ0) is 27.6. The Bertz CT molecular complexity index is 1640. The lowest BCUT2D eigenvalue weighted by Gasteiger charge is -2.13. The second kappa shape index (κ2) is 10.2. The smallest absolute Gasteiger partial charge is 0.434 e. The molecule has 196 valence electrons. The van der Waals surface area contributed by atoms with Gasteiger partial charge in [0.15, 0.2) is 5.69 Å². The van der Waals surface area contributed by atoms with Gasteiger partial charge in [0.2, 0.25) is 0 Å². The number of esters is 1. The highest BCUT2D eigenvalue weighted by atomic mass is 19.4. The van der Waals surface area contributed by atoms with Crippen molar-refractivity contribution in [1.82, 2.24) is 24.8 Å². The highest BCUT2D eigenvalue weighted by Gasteiger charge is 2.41. The van der Waals surface area contributed by atoms with Crippen LogP contribution in [-0.2, 0) is 17.5 Å². The summed E-state index contributed by atoms with van der Waals surface area (Å²) in [7, 11) is 0. The molecule has 12 heteroatoms. The van der Waals surface area contributed by atoms with Gasteiger partial charge < -0.3 is 9.84 Å². The van der Waals surface area contributed by atoms with E-state index in [-0.39, 0.29) is 17.9 Å². The lowest BCUT2D eigenvalue weighted by molar-refractivity contribution is -0.143. The van der Waals surface area contributed by atoms with E-state index in [0.717, 1.165) is 6.20 Å². The third kappa shape index (κ3) is 5.39. The van der Waals surface area contributed by atoms with Crippen molar-refractivity contribution in [3.63, 3.8) is 0 Å². The number of nitrogens with zero attached hydrogens (tertiary/aromatic N) is 5. The van der Waals surface area contributed by atoms with Gasteiger partial charge in [-0.2, -0.15) is 18.3 Å². The number of hydrogen-bond donors (Lipinski definition) is 1. The van der Waals surface area contributed by atoms with Crippen LogP contribution in [0.25, 0.3) is 22.6 Å². The summed E-state index contributed by atoms with van der Waals surface area (Å²) in [4.78, 5) is 23.8. The number of carbonyl (C=O) groups is 2. The number of carboxylic acids is 1. The molecular weight excluding hydrogens is 515 g/mol. The molecule has 0 saturated heterocycles. The maximum Gasteiger partial charge on any atom is 0.434 e. The number of alkyl halides is 3. The number of benzene rings is 3. The maximum atomic E-state index is 14.0. The van der Waals surface area contributed by atoms with Crippen LogP contribution >= 0.6 is 0 Å². The number of halogens is 3. The number of ether oxygens (including phenoxy) is 1. The minimum Gasteiger partial charge on any atom is -0.478 e. The van der Waals surface area contributed by atoms with Gasteiger partial charge in [-0.1, -0.05) is 47.7 Å². The summed E-state index contributed by atoms with van der Waals surface area (Å²) >= 11 is 0. The van der Waals surface area contributed by atoms with Crippen molar-refractivity contribution in [1.29, 1.82) is 0 Å². The molecule has 5 rings (SSSR count). The molecule has 0 unspecified atom stereocenters. The monoisotopic (exact) mass is 533 g/mol. The average molecular weight is 533 g/mol. The van der Waals surface area contributed by atoms with Crippen molar-refractivity contribution >= 4 is 11.9 Å². The first-order chi connectivity index (χ1) is 18.7. The van der Waals surface area contributed by atoms with E-state index in [1.54, 1.807) is 48.7 Å². The zero-order valence-electron chi connectivity index (χ0n) is 19.9. The quantitative estimate of drug-likeness (QED) is 0.287. The fourth-order valence-corrected chi connectivity index (χ4v) is 3.85. The first-order valence-corrected chi connectivity index (χ1v) is 11.4. The van der Waals surface area contributed by atoms with E-state index in [1.807, 2.05) is 0 Å². The molecule has 5 aromatic rings. The first-order valence-electron chi connectivity index (χ1n) is 11.4. The van der Waals surface area contributed by atoms with Gasteiger partial charge in [-0.25, -0.2) is 19.0 Å². The molecular formula is C27H18F3N5O4. The molecule has 0 aliphatic rings. The van der Waals surface area contributed by atoms with E-state index in [4.69, 9.17) is 4.74 Å². The van der Waals surface area contributed by atoms with E-state index in [2.05, 4.69) is 15.4 Å². The molecule has 0 aliphatic heterocycles. The number of carbonyl (C=O) groups excluding carboxylic acids is 1. The molecule has 0 fully saturated rings. The summed E-state index contributed by atoms with van der Waals surface area (Å²) in [5.74, 6) is -2.22. The van der Waals surface area contributed by atoms with E-state index < -0.39 is 29.4 Å². The maximum absolute atomic E-state index is 14.0. The minimum atomic E-state index is -4.89. The van der Waals surface area contributed by atoms with Crippen LogP contribution in [0, 0.1) is 0 Å². The molecule has 9 nitrogen and oxygen atoms in total. The second-order valence-corrected chi connectivity index (χ2v) is 8.33. The number of carboxylic acid groups (broad SMARTS) is 1. The van der Waals surface area contributed by atoms with Crippen LogP contribution in [-0.4, -0.2) is 41.8 Å². The van der Waals surface area contributed by atoms with Crippen molar-refractivity contribution in [2.75, 3.05) is 0 Å². The minimum absolute atomic E-state index is 0.0580. The van der Waals surface area contributed by atoms with Crippen LogP contribution in [0.5, 0.6) is 0 Å². The van der Waals surface area contributed by atoms with Gasteiger partial charge in [0, 0.05) is 5.56 Å². The molecule has 0 spiro atoms. The molecule has 0 amide bonds. The van der Waals surface area contributed by atoms with Crippen LogP contribution in [0.15, 0.2) is 91.3 Å². The Labute approximate surface area is 218 Å². The van der Waals surface area contributed by atoms with Gasteiger partial charge in [-0.3, -0.25) is 0 Å². The second-order valence-electron chi connectivity index (χ2n) is 8.33. The van der Waals surface area contributed by atoms with Crippen LogP contribution in [0.3, 0.4) is 0 Å². The fourth-order valence-electron chi connectivity index (χ4n) is 3.85. The molecule has 39 heavy (non-hydrogen) atoms. The SMILES string of the molecule is O=C(O)c1cccc(-c2cn(-c3ccc(-n4ncc(C(=O)OCc5ccccc5)c4C(F)(F)F)cc3)nn2)c1. The first kappa shape index (κ1) is 25.4. The van der Waals surface area contributed by atoms with E-state index >= 15 is 0 Å². The van der Waals surface area contributed by atoms with E-state index in [0.29, 0.717) is 27.2 Å². The number of hydrogen-bond acceptors (Lipinski definition) is 6. The third-order valence-electron chi connectivity index (χ3n) is 5.73. The lowest BCUT2D eigenvalue weighted by Crippen LogP contribution is -2.18. The largest absolute Gasteiger partial charge is 0.478 e. The van der Waals surface area contributed by atoms with Gasteiger partial charge in [0.25, 0.3) is 0 Å². The Hall–Kier alpha value is -5.26.